The standard InChI is InChI=1S/C10H17N5O3/c1-2-3-9(11)10(16)12-4-5-14-7-8(6-13-14)15(17)18/h6-7,9H,2-5,11H2,1H3,(H,12,16). The number of nitro groups is 1. The van der Waals surface area contributed by atoms with E-state index in [9.17, 15) is 14.9 Å². The zero-order valence-corrected chi connectivity index (χ0v) is 10.2. The first kappa shape index (κ1) is 14.1. The summed E-state index contributed by atoms with van der Waals surface area (Å²) in [7, 11) is 0. The van der Waals surface area contributed by atoms with Gasteiger partial charge in [-0.25, -0.2) is 0 Å². The normalized spacial score (nSPS) is 12.1. The van der Waals surface area contributed by atoms with Gasteiger partial charge < -0.3 is 11.1 Å². The van der Waals surface area contributed by atoms with Crippen molar-refractivity contribution in [1.29, 1.82) is 0 Å². The summed E-state index contributed by atoms with van der Waals surface area (Å²) in [5, 5.41) is 16.9. The highest BCUT2D eigenvalue weighted by molar-refractivity contribution is 5.81. The molecule has 0 saturated heterocycles. The summed E-state index contributed by atoms with van der Waals surface area (Å²) in [5.74, 6) is -0.210. The Morgan fingerprint density at radius 2 is 2.44 bits per heavy atom. The van der Waals surface area contributed by atoms with Gasteiger partial charge in [0.15, 0.2) is 0 Å². The molecule has 100 valence electrons. The smallest absolute Gasteiger partial charge is 0.306 e. The van der Waals surface area contributed by atoms with Crippen LogP contribution >= 0.6 is 0 Å². The molecule has 1 heterocycles. The van der Waals surface area contributed by atoms with E-state index in [4.69, 9.17) is 5.73 Å². The third-order valence-electron chi connectivity index (χ3n) is 2.41. The van der Waals surface area contributed by atoms with Crippen LogP contribution in [-0.4, -0.2) is 33.2 Å². The first-order valence-electron chi connectivity index (χ1n) is 5.74. The van der Waals surface area contributed by atoms with E-state index in [0.29, 0.717) is 19.5 Å². The SMILES string of the molecule is CCCC(N)C(=O)NCCn1cc([N+](=O)[O-])cn1. The third kappa shape index (κ3) is 4.13. The Kier molecular flexibility index (Phi) is 5.25. The van der Waals surface area contributed by atoms with E-state index in [1.807, 2.05) is 6.92 Å². The van der Waals surface area contributed by atoms with Gasteiger partial charge in [0.2, 0.25) is 5.91 Å². The number of amides is 1. The largest absolute Gasteiger partial charge is 0.353 e. The lowest BCUT2D eigenvalue weighted by Crippen LogP contribution is -2.41. The molecule has 0 aliphatic heterocycles. The molecule has 0 radical (unpaired) electrons. The molecule has 8 heteroatoms. The van der Waals surface area contributed by atoms with Crippen molar-refractivity contribution in [3.8, 4) is 0 Å². The fourth-order valence-electron chi connectivity index (χ4n) is 1.44. The molecular formula is C10H17N5O3. The second kappa shape index (κ2) is 6.70. The summed E-state index contributed by atoms with van der Waals surface area (Å²) in [4.78, 5) is 21.4. The van der Waals surface area contributed by atoms with E-state index < -0.39 is 11.0 Å². The molecule has 18 heavy (non-hydrogen) atoms. The molecule has 1 unspecified atom stereocenters. The summed E-state index contributed by atoms with van der Waals surface area (Å²) in [6.45, 7) is 2.67. The minimum absolute atomic E-state index is 0.0657. The van der Waals surface area contributed by atoms with Crippen LogP contribution in [0.4, 0.5) is 5.69 Å². The monoisotopic (exact) mass is 255 g/mol. The van der Waals surface area contributed by atoms with Crippen LogP contribution < -0.4 is 11.1 Å². The van der Waals surface area contributed by atoms with Gasteiger partial charge in [0.25, 0.3) is 0 Å². The number of rotatable bonds is 7. The summed E-state index contributed by atoms with van der Waals surface area (Å²) >= 11 is 0. The first-order chi connectivity index (χ1) is 8.54. The summed E-state index contributed by atoms with van der Waals surface area (Å²) < 4.78 is 1.41. The van der Waals surface area contributed by atoms with Crippen molar-refractivity contribution in [3.05, 3.63) is 22.5 Å². The molecule has 0 fully saturated rings. The van der Waals surface area contributed by atoms with Gasteiger partial charge in [-0.1, -0.05) is 13.3 Å². The molecule has 1 aromatic heterocycles. The number of nitrogens with zero attached hydrogens (tertiary/aromatic N) is 3. The predicted octanol–water partition coefficient (Wildman–Crippen LogP) is 0.0349. The third-order valence-corrected chi connectivity index (χ3v) is 2.41. The number of hydrogen-bond acceptors (Lipinski definition) is 5. The van der Waals surface area contributed by atoms with E-state index >= 15 is 0 Å². The maximum absolute atomic E-state index is 11.5. The van der Waals surface area contributed by atoms with E-state index in [1.165, 1.54) is 17.1 Å². The average molecular weight is 255 g/mol. The van der Waals surface area contributed by atoms with Gasteiger partial charge in [-0.2, -0.15) is 5.10 Å². The van der Waals surface area contributed by atoms with Gasteiger partial charge in [0.1, 0.15) is 12.4 Å². The lowest BCUT2D eigenvalue weighted by molar-refractivity contribution is -0.385. The fraction of sp³-hybridized carbons (Fsp3) is 0.600. The zero-order chi connectivity index (χ0) is 13.5. The van der Waals surface area contributed by atoms with Gasteiger partial charge >= 0.3 is 5.69 Å². The van der Waals surface area contributed by atoms with Crippen molar-refractivity contribution in [3.63, 3.8) is 0 Å². The highest BCUT2D eigenvalue weighted by Gasteiger charge is 2.12. The Morgan fingerprint density at radius 3 is 3.00 bits per heavy atom. The Balaban J connectivity index is 2.32. The first-order valence-corrected chi connectivity index (χ1v) is 5.74. The topological polar surface area (TPSA) is 116 Å². The molecule has 0 aliphatic rings. The second-order valence-electron chi connectivity index (χ2n) is 3.90. The molecule has 0 bridgehead atoms. The molecule has 1 rings (SSSR count). The van der Waals surface area contributed by atoms with Crippen LogP contribution in [0.2, 0.25) is 0 Å². The van der Waals surface area contributed by atoms with Gasteiger partial charge in [0.05, 0.1) is 17.5 Å². The van der Waals surface area contributed by atoms with E-state index in [0.717, 1.165) is 6.42 Å². The summed E-state index contributed by atoms with van der Waals surface area (Å²) in [5.41, 5.74) is 5.56. The molecular weight excluding hydrogens is 238 g/mol. The number of nitrogens with two attached hydrogens (primary N) is 1. The van der Waals surface area contributed by atoms with Crippen molar-refractivity contribution < 1.29 is 9.72 Å². The van der Waals surface area contributed by atoms with Crippen molar-refractivity contribution in [1.82, 2.24) is 15.1 Å². The molecule has 0 aliphatic carbocycles. The molecule has 0 spiro atoms. The average Bonchev–Trinajstić information content (AvgIpc) is 2.78. The molecule has 1 amide bonds. The second-order valence-corrected chi connectivity index (χ2v) is 3.90. The Morgan fingerprint density at radius 1 is 1.72 bits per heavy atom. The highest BCUT2D eigenvalue weighted by Crippen LogP contribution is 2.06. The summed E-state index contributed by atoms with van der Waals surface area (Å²) in [6, 6.07) is -0.498. The lowest BCUT2D eigenvalue weighted by Gasteiger charge is -2.10. The quantitative estimate of drug-likeness (QED) is 0.527. The number of nitrogens with one attached hydrogen (secondary N) is 1. The number of carbonyl (C=O) groups is 1. The Bertz CT molecular complexity index is 417. The minimum atomic E-state index is -0.515. The molecule has 0 saturated carbocycles. The molecule has 8 nitrogen and oxygen atoms in total. The van der Waals surface area contributed by atoms with Gasteiger partial charge in [-0.3, -0.25) is 19.6 Å². The van der Waals surface area contributed by atoms with Gasteiger partial charge in [-0.15, -0.1) is 0 Å². The maximum atomic E-state index is 11.5. The van der Waals surface area contributed by atoms with Crippen molar-refractivity contribution in [2.75, 3.05) is 6.54 Å². The Labute approximate surface area is 104 Å². The van der Waals surface area contributed by atoms with E-state index in [-0.39, 0.29) is 11.6 Å². The number of hydrogen-bond donors (Lipinski definition) is 2. The molecule has 3 N–H and O–H groups in total. The van der Waals surface area contributed by atoms with Crippen molar-refractivity contribution >= 4 is 11.6 Å². The molecule has 1 atom stereocenters. The minimum Gasteiger partial charge on any atom is -0.353 e. The maximum Gasteiger partial charge on any atom is 0.306 e. The summed E-state index contributed by atoms with van der Waals surface area (Å²) in [6.07, 6.45) is 3.97. The van der Waals surface area contributed by atoms with E-state index in [2.05, 4.69) is 10.4 Å². The van der Waals surface area contributed by atoms with Crippen LogP contribution in [0.3, 0.4) is 0 Å². The van der Waals surface area contributed by atoms with Gasteiger partial charge in [-0.05, 0) is 6.42 Å². The van der Waals surface area contributed by atoms with Crippen LogP contribution in [0.15, 0.2) is 12.4 Å². The van der Waals surface area contributed by atoms with Crippen LogP contribution in [-0.2, 0) is 11.3 Å². The lowest BCUT2D eigenvalue weighted by atomic mass is 10.2. The van der Waals surface area contributed by atoms with Gasteiger partial charge in [0, 0.05) is 6.54 Å². The van der Waals surface area contributed by atoms with Crippen molar-refractivity contribution in [2.24, 2.45) is 5.73 Å². The number of carbonyl (C=O) groups excluding carboxylic acids is 1. The molecule has 1 aromatic rings. The van der Waals surface area contributed by atoms with Crippen LogP contribution in [0.1, 0.15) is 19.8 Å². The Hall–Kier alpha value is -1.96. The van der Waals surface area contributed by atoms with Crippen LogP contribution in [0.25, 0.3) is 0 Å². The number of aromatic nitrogens is 2. The van der Waals surface area contributed by atoms with Crippen LogP contribution in [0.5, 0.6) is 0 Å². The predicted molar refractivity (Wildman–Crippen MR) is 64.8 cm³/mol. The molecule has 0 aromatic carbocycles. The highest BCUT2D eigenvalue weighted by atomic mass is 16.6. The fourth-order valence-corrected chi connectivity index (χ4v) is 1.44. The van der Waals surface area contributed by atoms with Crippen LogP contribution in [0, 0.1) is 10.1 Å². The van der Waals surface area contributed by atoms with E-state index in [1.54, 1.807) is 0 Å². The zero-order valence-electron chi connectivity index (χ0n) is 10.2. The van der Waals surface area contributed by atoms with Crippen molar-refractivity contribution in [2.45, 2.75) is 32.4 Å².